The number of hydrogen-bond donors (Lipinski definition) is 1. The molecule has 2 heterocycles. The quantitative estimate of drug-likeness (QED) is 0.863. The van der Waals surface area contributed by atoms with Crippen LogP contribution >= 0.6 is 0 Å². The maximum Gasteiger partial charge on any atom is 0.182 e. The van der Waals surface area contributed by atoms with Crippen molar-refractivity contribution in [3.8, 4) is 11.4 Å². The molecule has 1 atom stereocenters. The second-order valence-electron chi connectivity index (χ2n) is 5.64. The summed E-state index contributed by atoms with van der Waals surface area (Å²) in [5.74, 6) is 0.763. The molecule has 3 rings (SSSR count). The first-order valence-corrected chi connectivity index (χ1v) is 6.84. The molecular formula is C14H19N5O. The normalized spacial score (nSPS) is 22.3. The van der Waals surface area contributed by atoms with Crippen molar-refractivity contribution in [2.75, 3.05) is 12.3 Å². The summed E-state index contributed by atoms with van der Waals surface area (Å²) in [6.07, 6.45) is 2.13. The lowest BCUT2D eigenvalue weighted by molar-refractivity contribution is 0.00355. The third-order valence-electron chi connectivity index (χ3n) is 3.81. The summed E-state index contributed by atoms with van der Waals surface area (Å²) in [6.45, 7) is 5.60. The first kappa shape index (κ1) is 13.1. The Morgan fingerprint density at radius 3 is 3.00 bits per heavy atom. The molecule has 1 aromatic heterocycles. The van der Waals surface area contributed by atoms with Crippen molar-refractivity contribution in [1.29, 1.82) is 0 Å². The van der Waals surface area contributed by atoms with Crippen LogP contribution in [0.25, 0.3) is 11.4 Å². The number of benzene rings is 1. The van der Waals surface area contributed by atoms with Crippen LogP contribution in [-0.2, 0) is 11.3 Å². The van der Waals surface area contributed by atoms with Gasteiger partial charge in [-0.2, -0.15) is 0 Å². The molecule has 6 nitrogen and oxygen atoms in total. The zero-order chi connectivity index (χ0) is 14.2. The summed E-state index contributed by atoms with van der Waals surface area (Å²) in [6, 6.07) is 5.77. The number of aryl methyl sites for hydroxylation is 1. The van der Waals surface area contributed by atoms with Gasteiger partial charge in [0.05, 0.1) is 12.1 Å². The number of tetrazole rings is 1. The van der Waals surface area contributed by atoms with Crippen molar-refractivity contribution < 1.29 is 4.74 Å². The predicted octanol–water partition coefficient (Wildman–Crippen LogP) is 1.80. The number of hydrogen-bond acceptors (Lipinski definition) is 5. The number of aromatic nitrogens is 4. The van der Waals surface area contributed by atoms with E-state index in [1.54, 1.807) is 0 Å². The van der Waals surface area contributed by atoms with E-state index >= 15 is 0 Å². The first-order valence-electron chi connectivity index (χ1n) is 6.84. The predicted molar refractivity (Wildman–Crippen MR) is 76.0 cm³/mol. The average Bonchev–Trinajstić information content (AvgIpc) is 3.00. The molecular weight excluding hydrogens is 254 g/mol. The fraction of sp³-hybridized carbons (Fsp3) is 0.500. The molecule has 0 amide bonds. The molecule has 1 saturated heterocycles. The SMILES string of the molecule is Cc1cc(N)ccc1-c1nnnn1CC1(C)CCCO1. The molecule has 0 spiro atoms. The van der Waals surface area contributed by atoms with Crippen LogP contribution in [0.4, 0.5) is 5.69 Å². The molecule has 1 aromatic carbocycles. The van der Waals surface area contributed by atoms with Gasteiger partial charge in [-0.15, -0.1) is 5.10 Å². The Labute approximate surface area is 117 Å². The number of nitrogens with two attached hydrogens (primary N) is 1. The van der Waals surface area contributed by atoms with E-state index in [1.165, 1.54) is 0 Å². The molecule has 1 fully saturated rings. The molecule has 0 aliphatic carbocycles. The van der Waals surface area contributed by atoms with Gasteiger partial charge in [0, 0.05) is 17.9 Å². The van der Waals surface area contributed by atoms with Crippen molar-refractivity contribution in [2.45, 2.75) is 38.8 Å². The Balaban J connectivity index is 1.93. The Hall–Kier alpha value is -1.95. The summed E-state index contributed by atoms with van der Waals surface area (Å²) in [5.41, 5.74) is 8.44. The molecule has 106 valence electrons. The molecule has 1 aliphatic heterocycles. The van der Waals surface area contributed by atoms with Gasteiger partial charge in [-0.3, -0.25) is 0 Å². The number of anilines is 1. The van der Waals surface area contributed by atoms with Crippen molar-refractivity contribution in [3.63, 3.8) is 0 Å². The van der Waals surface area contributed by atoms with Crippen molar-refractivity contribution in [1.82, 2.24) is 20.2 Å². The molecule has 2 aromatic rings. The van der Waals surface area contributed by atoms with Gasteiger partial charge >= 0.3 is 0 Å². The van der Waals surface area contributed by atoms with Gasteiger partial charge in [-0.25, -0.2) is 4.68 Å². The molecule has 2 N–H and O–H groups in total. The molecule has 0 bridgehead atoms. The van der Waals surface area contributed by atoms with Gasteiger partial charge < -0.3 is 10.5 Å². The third kappa shape index (κ3) is 2.38. The second kappa shape index (κ2) is 4.86. The minimum atomic E-state index is -0.175. The standard InChI is InChI=1S/C14H19N5O/c1-10-8-11(15)4-5-12(10)13-16-17-18-19(13)9-14(2)6-3-7-20-14/h4-5,8H,3,6-7,9,15H2,1-2H3. The molecule has 6 heteroatoms. The minimum absolute atomic E-state index is 0.175. The van der Waals surface area contributed by atoms with Crippen LogP contribution in [0.15, 0.2) is 18.2 Å². The Morgan fingerprint density at radius 1 is 1.45 bits per heavy atom. The highest BCUT2D eigenvalue weighted by Crippen LogP contribution is 2.29. The van der Waals surface area contributed by atoms with Gasteiger partial charge in [0.1, 0.15) is 0 Å². The number of rotatable bonds is 3. The third-order valence-corrected chi connectivity index (χ3v) is 3.81. The largest absolute Gasteiger partial charge is 0.399 e. The zero-order valence-electron chi connectivity index (χ0n) is 11.8. The van der Waals surface area contributed by atoms with E-state index in [-0.39, 0.29) is 5.60 Å². The fourth-order valence-corrected chi connectivity index (χ4v) is 2.72. The highest BCUT2D eigenvalue weighted by molar-refractivity contribution is 5.63. The first-order chi connectivity index (χ1) is 9.57. The summed E-state index contributed by atoms with van der Waals surface area (Å²) in [4.78, 5) is 0. The summed E-state index contributed by atoms with van der Waals surface area (Å²) in [7, 11) is 0. The van der Waals surface area contributed by atoms with E-state index in [0.717, 1.165) is 42.1 Å². The summed E-state index contributed by atoms with van der Waals surface area (Å²) in [5, 5.41) is 12.1. The minimum Gasteiger partial charge on any atom is -0.399 e. The summed E-state index contributed by atoms with van der Waals surface area (Å²) < 4.78 is 7.64. The van der Waals surface area contributed by atoms with E-state index in [2.05, 4.69) is 22.4 Å². The van der Waals surface area contributed by atoms with E-state index in [4.69, 9.17) is 10.5 Å². The monoisotopic (exact) mass is 273 g/mol. The summed E-state index contributed by atoms with van der Waals surface area (Å²) >= 11 is 0. The average molecular weight is 273 g/mol. The Kier molecular flexibility index (Phi) is 3.17. The maximum atomic E-state index is 5.82. The van der Waals surface area contributed by atoms with Crippen LogP contribution < -0.4 is 5.73 Å². The van der Waals surface area contributed by atoms with Crippen LogP contribution in [0.5, 0.6) is 0 Å². The topological polar surface area (TPSA) is 78.9 Å². The van der Waals surface area contributed by atoms with Crippen LogP contribution in [0, 0.1) is 6.92 Å². The number of ether oxygens (including phenoxy) is 1. The van der Waals surface area contributed by atoms with Crippen LogP contribution in [-0.4, -0.2) is 32.4 Å². The number of nitrogen functional groups attached to an aromatic ring is 1. The molecule has 0 saturated carbocycles. The molecule has 20 heavy (non-hydrogen) atoms. The van der Waals surface area contributed by atoms with E-state index in [0.29, 0.717) is 6.54 Å². The van der Waals surface area contributed by atoms with E-state index in [9.17, 15) is 0 Å². The van der Waals surface area contributed by atoms with Gasteiger partial charge in [0.15, 0.2) is 5.82 Å². The zero-order valence-corrected chi connectivity index (χ0v) is 11.8. The highest BCUT2D eigenvalue weighted by atomic mass is 16.5. The van der Waals surface area contributed by atoms with Crippen molar-refractivity contribution >= 4 is 5.69 Å². The van der Waals surface area contributed by atoms with Crippen LogP contribution in [0.1, 0.15) is 25.3 Å². The Bertz CT molecular complexity index is 616. The number of nitrogens with zero attached hydrogens (tertiary/aromatic N) is 4. The molecule has 1 unspecified atom stereocenters. The van der Waals surface area contributed by atoms with E-state index < -0.39 is 0 Å². The van der Waals surface area contributed by atoms with Crippen LogP contribution in [0.3, 0.4) is 0 Å². The lowest BCUT2D eigenvalue weighted by Crippen LogP contribution is -2.30. The molecule has 0 radical (unpaired) electrons. The van der Waals surface area contributed by atoms with Gasteiger partial charge in [0.25, 0.3) is 0 Å². The lowest BCUT2D eigenvalue weighted by atomic mass is 10.0. The maximum absolute atomic E-state index is 5.82. The van der Waals surface area contributed by atoms with E-state index in [1.807, 2.05) is 29.8 Å². The van der Waals surface area contributed by atoms with Crippen molar-refractivity contribution in [3.05, 3.63) is 23.8 Å². The fourth-order valence-electron chi connectivity index (χ4n) is 2.72. The highest BCUT2D eigenvalue weighted by Gasteiger charge is 2.31. The smallest absolute Gasteiger partial charge is 0.182 e. The van der Waals surface area contributed by atoms with Gasteiger partial charge in [-0.1, -0.05) is 0 Å². The van der Waals surface area contributed by atoms with Gasteiger partial charge in [-0.05, 0) is 60.9 Å². The second-order valence-corrected chi connectivity index (χ2v) is 5.64. The Morgan fingerprint density at radius 2 is 2.30 bits per heavy atom. The van der Waals surface area contributed by atoms with Crippen molar-refractivity contribution in [2.24, 2.45) is 0 Å². The van der Waals surface area contributed by atoms with Crippen LogP contribution in [0.2, 0.25) is 0 Å². The lowest BCUT2D eigenvalue weighted by Gasteiger charge is -2.23. The van der Waals surface area contributed by atoms with Gasteiger partial charge in [0.2, 0.25) is 0 Å². The molecule has 1 aliphatic rings.